The number of hydrogen-bond acceptors (Lipinski definition) is 20. The van der Waals surface area contributed by atoms with Crippen molar-refractivity contribution in [2.24, 2.45) is 5.41 Å². The van der Waals surface area contributed by atoms with Crippen molar-refractivity contribution in [2.45, 2.75) is 63.4 Å². The fourth-order valence-electron chi connectivity index (χ4n) is 5.32. The van der Waals surface area contributed by atoms with Crippen molar-refractivity contribution in [1.82, 2.24) is 30.2 Å². The van der Waals surface area contributed by atoms with E-state index >= 15 is 0 Å². The maximum Gasteiger partial charge on any atom is 0.481 e. The number of aliphatic hydroxyl groups excluding tert-OH is 3. The highest BCUT2D eigenvalue weighted by Gasteiger charge is 2.50. The quantitative estimate of drug-likeness (QED) is 0.0424. The SMILES string of the molecule is CC(C)(COP(=O)(O)OP(=O)(O)OC[C@H]1O[C@@H](n2cnc3c(N)ncnc32)[C@H](O)[C@@H]1OP(=O)(O)O)[C@@H](O)C(=O)NCCC(=O)NCCSC(=O)[C@H](O)Cc1ccc(O)cc1. The third-order valence-electron chi connectivity index (χ3n) is 8.38. The number of hydrogen-bond donors (Lipinski definition) is 11. The van der Waals surface area contributed by atoms with E-state index in [2.05, 4.69) is 34.4 Å². The number of anilines is 1. The number of thioether (sulfide) groups is 1. The van der Waals surface area contributed by atoms with Crippen LogP contribution in [0.25, 0.3) is 11.2 Å². The second-order valence-corrected chi connectivity index (χ2v) is 19.0. The van der Waals surface area contributed by atoms with Gasteiger partial charge in [0, 0.05) is 37.1 Å². The number of rotatable bonds is 22. The predicted molar refractivity (Wildman–Crippen MR) is 205 cm³/mol. The van der Waals surface area contributed by atoms with Gasteiger partial charge < -0.3 is 61.1 Å². The lowest BCUT2D eigenvalue weighted by atomic mass is 9.87. The van der Waals surface area contributed by atoms with Crippen LogP contribution >= 0.6 is 35.2 Å². The standard InChI is InChI=1S/C30H44N7O19P3S/c1-30(2,24(42)27(43)33-8-7-20(40)32-9-10-60-29(44)18(39)11-16-3-5-17(38)6-4-16)13-53-59(50,51)56-58(48,49)52-12-19-23(55-57(45,46)47)22(41)28(54-19)37-15-36-21-25(31)34-14-35-26(21)37/h3-6,14-15,18-19,22-24,28,38-39,41-42H,7-13H2,1-2H3,(H,32,40)(H,33,43)(H,48,49)(H,50,51)(H2,31,34,35)(H2,45,46,47)/t18-,19-,22-,23-,24+,28-/m1/s1. The van der Waals surface area contributed by atoms with Gasteiger partial charge in [0.05, 0.1) is 19.5 Å². The number of benzene rings is 1. The zero-order valence-corrected chi connectivity index (χ0v) is 35.1. The van der Waals surface area contributed by atoms with Crippen molar-refractivity contribution in [2.75, 3.05) is 37.8 Å². The third kappa shape index (κ3) is 14.3. The van der Waals surface area contributed by atoms with Crippen molar-refractivity contribution in [3.05, 3.63) is 42.5 Å². The number of phenolic OH excluding ortho intramolecular Hbond substituents is 1. The highest BCUT2D eigenvalue weighted by molar-refractivity contribution is 8.13. The minimum atomic E-state index is -5.59. The fourth-order valence-corrected chi connectivity index (χ4v) is 8.83. The molecule has 12 N–H and O–H groups in total. The van der Waals surface area contributed by atoms with Crippen LogP contribution in [0.15, 0.2) is 36.9 Å². The summed E-state index contributed by atoms with van der Waals surface area (Å²) in [4.78, 5) is 87.9. The van der Waals surface area contributed by atoms with Crippen molar-refractivity contribution >= 4 is 69.1 Å². The summed E-state index contributed by atoms with van der Waals surface area (Å²) in [6.45, 7) is 0.183. The summed E-state index contributed by atoms with van der Waals surface area (Å²) in [5.41, 5.74) is 4.84. The van der Waals surface area contributed by atoms with Crippen LogP contribution in [-0.4, -0.2) is 139 Å². The molecule has 0 aliphatic carbocycles. The molecule has 30 heteroatoms. The van der Waals surface area contributed by atoms with Crippen LogP contribution in [0.1, 0.15) is 32.1 Å². The Balaban J connectivity index is 1.20. The Bertz CT molecular complexity index is 2130. The molecule has 4 rings (SSSR count). The van der Waals surface area contributed by atoms with E-state index in [1.807, 2.05) is 0 Å². The predicted octanol–water partition coefficient (Wildman–Crippen LogP) is -1.03. The monoisotopic (exact) mass is 931 g/mol. The van der Waals surface area contributed by atoms with Crippen LogP contribution in [0.3, 0.4) is 0 Å². The van der Waals surface area contributed by atoms with Crippen LogP contribution in [-0.2, 0) is 57.1 Å². The van der Waals surface area contributed by atoms with Crippen LogP contribution in [0.4, 0.5) is 5.82 Å². The van der Waals surface area contributed by atoms with Gasteiger partial charge >= 0.3 is 23.5 Å². The second-order valence-electron chi connectivity index (χ2n) is 13.6. The fraction of sp³-hybridized carbons (Fsp3) is 0.533. The van der Waals surface area contributed by atoms with Crippen molar-refractivity contribution in [3.8, 4) is 5.75 Å². The molecule has 2 aromatic heterocycles. The number of amides is 2. The number of nitrogen functional groups attached to an aromatic ring is 1. The molecule has 1 aliphatic heterocycles. The highest BCUT2D eigenvalue weighted by atomic mass is 32.2. The molecule has 1 fully saturated rings. The van der Waals surface area contributed by atoms with E-state index < -0.39 is 95.8 Å². The number of nitrogens with two attached hydrogens (primary N) is 1. The minimum absolute atomic E-state index is 0.0197. The van der Waals surface area contributed by atoms with Crippen molar-refractivity contribution in [3.63, 3.8) is 0 Å². The molecule has 334 valence electrons. The average Bonchev–Trinajstić information content (AvgIpc) is 3.72. The Morgan fingerprint density at radius 1 is 1.00 bits per heavy atom. The molecule has 26 nitrogen and oxygen atoms in total. The second kappa shape index (κ2) is 20.6. The number of carbonyl (C=O) groups excluding carboxylic acids is 3. The van der Waals surface area contributed by atoms with Gasteiger partial charge in [-0.05, 0) is 17.7 Å². The molecule has 8 atom stereocenters. The normalized spacial score (nSPS) is 21.5. The maximum atomic E-state index is 12.7. The molecule has 2 amide bonds. The van der Waals surface area contributed by atoms with E-state index in [0.29, 0.717) is 5.56 Å². The van der Waals surface area contributed by atoms with E-state index in [1.165, 1.54) is 26.0 Å². The first-order valence-electron chi connectivity index (χ1n) is 17.4. The molecule has 0 bridgehead atoms. The molecule has 1 aromatic carbocycles. The number of ether oxygens (including phenoxy) is 1. The van der Waals surface area contributed by atoms with Gasteiger partial charge in [0.2, 0.25) is 16.9 Å². The summed E-state index contributed by atoms with van der Waals surface area (Å²) in [5.74, 6) is -1.41. The molecule has 3 aromatic rings. The number of phenols is 1. The molecule has 2 unspecified atom stereocenters. The first-order valence-corrected chi connectivity index (χ1v) is 22.9. The number of phosphoric acid groups is 3. The summed E-state index contributed by atoms with van der Waals surface area (Å²) in [7, 11) is -16.5. The lowest BCUT2D eigenvalue weighted by Crippen LogP contribution is -2.46. The number of imidazole rings is 1. The zero-order chi connectivity index (χ0) is 44.6. The van der Waals surface area contributed by atoms with E-state index in [9.17, 15) is 68.1 Å². The van der Waals surface area contributed by atoms with Gasteiger partial charge in [0.1, 0.15) is 48.1 Å². The molecule has 1 saturated heterocycles. The molecule has 0 saturated carbocycles. The summed E-state index contributed by atoms with van der Waals surface area (Å²) in [5, 5.41) is 45.2. The summed E-state index contributed by atoms with van der Waals surface area (Å²) in [6, 6.07) is 5.98. The summed E-state index contributed by atoms with van der Waals surface area (Å²) < 4.78 is 62.1. The van der Waals surface area contributed by atoms with Gasteiger partial charge in [-0.2, -0.15) is 4.31 Å². The van der Waals surface area contributed by atoms with Gasteiger partial charge in [-0.3, -0.25) is 32.5 Å². The van der Waals surface area contributed by atoms with Gasteiger partial charge in [-0.15, -0.1) is 0 Å². The Hall–Kier alpha value is -3.46. The molecular weight excluding hydrogens is 887 g/mol. The van der Waals surface area contributed by atoms with E-state index in [-0.39, 0.29) is 54.4 Å². The molecule has 0 spiro atoms. The van der Waals surface area contributed by atoms with E-state index in [0.717, 1.165) is 29.0 Å². The lowest BCUT2D eigenvalue weighted by molar-refractivity contribution is -0.137. The number of aromatic nitrogens is 4. The average molecular weight is 932 g/mol. The largest absolute Gasteiger partial charge is 0.508 e. The van der Waals surface area contributed by atoms with E-state index in [1.54, 1.807) is 12.1 Å². The van der Waals surface area contributed by atoms with Gasteiger partial charge in [0.25, 0.3) is 0 Å². The van der Waals surface area contributed by atoms with Crippen LogP contribution in [0, 0.1) is 5.41 Å². The number of fused-ring (bicyclic) bond motifs is 1. The zero-order valence-electron chi connectivity index (χ0n) is 31.6. The minimum Gasteiger partial charge on any atom is -0.508 e. The number of nitrogens with zero attached hydrogens (tertiary/aromatic N) is 4. The molecule has 0 radical (unpaired) electrons. The molecule has 1 aliphatic rings. The van der Waals surface area contributed by atoms with E-state index in [4.69, 9.17) is 19.5 Å². The topological polar surface area (TPSA) is 404 Å². The number of carbonyl (C=O) groups is 3. The smallest absolute Gasteiger partial charge is 0.481 e. The molecule has 60 heavy (non-hydrogen) atoms. The lowest BCUT2D eigenvalue weighted by Gasteiger charge is -2.30. The number of phosphoric ester groups is 3. The van der Waals surface area contributed by atoms with Crippen molar-refractivity contribution < 1.29 is 90.7 Å². The van der Waals surface area contributed by atoms with Crippen LogP contribution in [0.2, 0.25) is 0 Å². The molecule has 3 heterocycles. The first-order chi connectivity index (χ1) is 27.9. The van der Waals surface area contributed by atoms with Crippen LogP contribution < -0.4 is 16.4 Å². The number of aliphatic hydroxyl groups is 3. The maximum absolute atomic E-state index is 12.7. The van der Waals surface area contributed by atoms with Crippen LogP contribution in [0.5, 0.6) is 5.75 Å². The molecular formula is C30H44N7O19P3S. The van der Waals surface area contributed by atoms with Gasteiger partial charge in [0.15, 0.2) is 17.7 Å². The number of aromatic hydroxyl groups is 1. The Morgan fingerprint density at radius 2 is 1.67 bits per heavy atom. The van der Waals surface area contributed by atoms with Gasteiger partial charge in [-0.1, -0.05) is 37.7 Å². The van der Waals surface area contributed by atoms with Gasteiger partial charge in [-0.25, -0.2) is 28.6 Å². The van der Waals surface area contributed by atoms with Crippen molar-refractivity contribution in [1.29, 1.82) is 0 Å². The Labute approximate surface area is 344 Å². The summed E-state index contributed by atoms with van der Waals surface area (Å²) in [6.07, 6.45) is -8.37. The first kappa shape index (κ1) is 49.2. The summed E-state index contributed by atoms with van der Waals surface area (Å²) >= 11 is 0.801. The Kier molecular flexibility index (Phi) is 16.9. The number of nitrogens with one attached hydrogen (secondary N) is 2. The Morgan fingerprint density at radius 3 is 2.33 bits per heavy atom. The third-order valence-corrected chi connectivity index (χ3v) is 12.4. The highest BCUT2D eigenvalue weighted by Crippen LogP contribution is 2.61.